The Balaban J connectivity index is 1.67. The Labute approximate surface area is 174 Å². The van der Waals surface area contributed by atoms with Crippen LogP contribution in [0.4, 0.5) is 0 Å². The summed E-state index contributed by atoms with van der Waals surface area (Å²) in [7, 11) is 3.55. The van der Waals surface area contributed by atoms with Crippen molar-refractivity contribution in [2.24, 2.45) is 7.05 Å². The van der Waals surface area contributed by atoms with Crippen molar-refractivity contribution in [3.8, 4) is 34.0 Å². The Kier molecular flexibility index (Phi) is 4.80. The van der Waals surface area contributed by atoms with Crippen molar-refractivity contribution in [3.63, 3.8) is 0 Å². The first-order valence-electron chi connectivity index (χ1n) is 9.89. The number of methoxy groups -OCH3 is 1. The molecule has 1 fully saturated rings. The number of aryl methyl sites for hydroxylation is 1. The molecule has 7 nitrogen and oxygen atoms in total. The summed E-state index contributed by atoms with van der Waals surface area (Å²) in [4.78, 5) is 9.08. The molecular formula is C23H22N4O3. The molecule has 30 heavy (non-hydrogen) atoms. The molecule has 1 aliphatic heterocycles. The fourth-order valence-electron chi connectivity index (χ4n) is 3.79. The maximum atomic E-state index is 6.19. The third-order valence-electron chi connectivity index (χ3n) is 5.23. The summed E-state index contributed by atoms with van der Waals surface area (Å²) >= 11 is 0. The van der Waals surface area contributed by atoms with Crippen LogP contribution in [-0.2, 0) is 11.8 Å². The van der Waals surface area contributed by atoms with Crippen LogP contribution in [0.3, 0.4) is 0 Å². The van der Waals surface area contributed by atoms with Gasteiger partial charge in [0, 0.05) is 42.2 Å². The minimum absolute atomic E-state index is 0.0164. The average molecular weight is 402 g/mol. The van der Waals surface area contributed by atoms with Crippen molar-refractivity contribution in [1.82, 2.24) is 19.7 Å². The number of fused-ring (bicyclic) bond motifs is 1. The summed E-state index contributed by atoms with van der Waals surface area (Å²) in [5, 5.41) is 5.57. The number of ether oxygens (including phenoxy) is 3. The molecule has 0 unspecified atom stereocenters. The molecule has 3 heterocycles. The van der Waals surface area contributed by atoms with Gasteiger partial charge in [-0.25, -0.2) is 9.97 Å². The minimum atomic E-state index is 0.0164. The van der Waals surface area contributed by atoms with Crippen LogP contribution >= 0.6 is 0 Å². The van der Waals surface area contributed by atoms with E-state index >= 15 is 0 Å². The first-order chi connectivity index (χ1) is 14.7. The summed E-state index contributed by atoms with van der Waals surface area (Å²) < 4.78 is 19.0. The quantitative estimate of drug-likeness (QED) is 0.505. The van der Waals surface area contributed by atoms with Gasteiger partial charge in [0.2, 0.25) is 0 Å². The van der Waals surface area contributed by atoms with E-state index < -0.39 is 0 Å². The van der Waals surface area contributed by atoms with Gasteiger partial charge in [0.1, 0.15) is 18.1 Å². The van der Waals surface area contributed by atoms with E-state index in [1.54, 1.807) is 13.4 Å². The minimum Gasteiger partial charge on any atom is -0.493 e. The second kappa shape index (κ2) is 7.76. The van der Waals surface area contributed by atoms with Crippen molar-refractivity contribution in [1.29, 1.82) is 0 Å². The molecule has 4 aromatic rings. The molecule has 1 atom stereocenters. The lowest BCUT2D eigenvalue weighted by Gasteiger charge is -2.16. The van der Waals surface area contributed by atoms with Crippen LogP contribution in [0.25, 0.3) is 33.4 Å². The second-order valence-corrected chi connectivity index (χ2v) is 7.28. The molecule has 0 aliphatic carbocycles. The van der Waals surface area contributed by atoms with Crippen LogP contribution in [0.15, 0.2) is 55.0 Å². The van der Waals surface area contributed by atoms with E-state index in [-0.39, 0.29) is 6.10 Å². The fraction of sp³-hybridized carbons (Fsp3) is 0.261. The molecule has 0 spiro atoms. The first kappa shape index (κ1) is 18.6. The predicted octanol–water partition coefficient (Wildman–Crippen LogP) is 3.87. The smallest absolute Gasteiger partial charge is 0.162 e. The van der Waals surface area contributed by atoms with E-state index in [9.17, 15) is 0 Å². The molecular weight excluding hydrogens is 380 g/mol. The average Bonchev–Trinajstić information content (AvgIpc) is 3.43. The number of nitrogens with zero attached hydrogens (tertiary/aromatic N) is 4. The van der Waals surface area contributed by atoms with Gasteiger partial charge < -0.3 is 14.2 Å². The highest BCUT2D eigenvalue weighted by Crippen LogP contribution is 2.38. The molecule has 2 aromatic carbocycles. The molecule has 1 saturated heterocycles. The molecule has 152 valence electrons. The maximum absolute atomic E-state index is 6.19. The monoisotopic (exact) mass is 402 g/mol. The Morgan fingerprint density at radius 1 is 1.07 bits per heavy atom. The third kappa shape index (κ3) is 3.37. The van der Waals surface area contributed by atoms with Crippen molar-refractivity contribution >= 4 is 10.9 Å². The normalized spacial score (nSPS) is 16.1. The van der Waals surface area contributed by atoms with Gasteiger partial charge in [0.05, 0.1) is 31.5 Å². The summed E-state index contributed by atoms with van der Waals surface area (Å²) in [5.74, 6) is 1.32. The van der Waals surface area contributed by atoms with E-state index in [1.165, 1.54) is 0 Å². The summed E-state index contributed by atoms with van der Waals surface area (Å²) in [6.45, 7) is 1.30. The number of hydrogen-bond donors (Lipinski definition) is 0. The zero-order chi connectivity index (χ0) is 20.5. The molecule has 0 amide bonds. The lowest BCUT2D eigenvalue weighted by Crippen LogP contribution is -2.16. The van der Waals surface area contributed by atoms with Gasteiger partial charge in [0.25, 0.3) is 0 Å². The van der Waals surface area contributed by atoms with E-state index in [0.717, 1.165) is 39.8 Å². The van der Waals surface area contributed by atoms with Crippen molar-refractivity contribution in [2.45, 2.75) is 12.5 Å². The largest absolute Gasteiger partial charge is 0.493 e. The molecule has 5 rings (SSSR count). The first-order valence-corrected chi connectivity index (χ1v) is 9.89. The number of rotatable bonds is 5. The molecule has 0 N–H and O–H groups in total. The van der Waals surface area contributed by atoms with Crippen LogP contribution in [0, 0.1) is 0 Å². The van der Waals surface area contributed by atoms with Gasteiger partial charge in [-0.05, 0) is 6.07 Å². The number of benzene rings is 2. The molecule has 0 bridgehead atoms. The van der Waals surface area contributed by atoms with Crippen molar-refractivity contribution in [3.05, 3.63) is 55.0 Å². The highest BCUT2D eigenvalue weighted by molar-refractivity contribution is 5.97. The number of hydrogen-bond acceptors (Lipinski definition) is 6. The van der Waals surface area contributed by atoms with E-state index in [4.69, 9.17) is 14.2 Å². The lowest BCUT2D eigenvalue weighted by molar-refractivity contribution is 0.139. The third-order valence-corrected chi connectivity index (χ3v) is 5.23. The Hall–Kier alpha value is -3.45. The van der Waals surface area contributed by atoms with Gasteiger partial charge in [-0.1, -0.05) is 30.3 Å². The zero-order valence-electron chi connectivity index (χ0n) is 16.9. The zero-order valence-corrected chi connectivity index (χ0v) is 16.9. The molecule has 0 saturated carbocycles. The van der Waals surface area contributed by atoms with Gasteiger partial charge in [-0.2, -0.15) is 5.10 Å². The topological polar surface area (TPSA) is 71.3 Å². The Morgan fingerprint density at radius 2 is 1.93 bits per heavy atom. The van der Waals surface area contributed by atoms with Gasteiger partial charge in [0.15, 0.2) is 11.5 Å². The number of aromatic nitrogens is 4. The van der Waals surface area contributed by atoms with Gasteiger partial charge >= 0.3 is 0 Å². The molecule has 2 aromatic heterocycles. The fourth-order valence-corrected chi connectivity index (χ4v) is 3.79. The highest BCUT2D eigenvalue weighted by Gasteiger charge is 2.22. The van der Waals surface area contributed by atoms with Crippen molar-refractivity contribution in [2.75, 3.05) is 20.3 Å². The van der Waals surface area contributed by atoms with Crippen LogP contribution in [0.1, 0.15) is 6.42 Å². The van der Waals surface area contributed by atoms with E-state index in [2.05, 4.69) is 15.1 Å². The SMILES string of the molecule is COc1cc2ncnc(-c3cn(C)nc3-c3ccccc3)c2cc1O[C@@H]1CCOC1. The van der Waals surface area contributed by atoms with Crippen LogP contribution in [0.5, 0.6) is 11.5 Å². The van der Waals surface area contributed by atoms with Crippen molar-refractivity contribution < 1.29 is 14.2 Å². The van der Waals surface area contributed by atoms with E-state index in [0.29, 0.717) is 24.7 Å². The Bertz CT molecular complexity index is 1180. The van der Waals surface area contributed by atoms with Crippen LogP contribution in [0.2, 0.25) is 0 Å². The summed E-state index contributed by atoms with van der Waals surface area (Å²) in [5.41, 5.74) is 4.45. The molecule has 7 heteroatoms. The van der Waals surface area contributed by atoms with Gasteiger partial charge in [-0.15, -0.1) is 0 Å². The van der Waals surface area contributed by atoms with Crippen LogP contribution < -0.4 is 9.47 Å². The highest BCUT2D eigenvalue weighted by atomic mass is 16.6. The van der Waals surface area contributed by atoms with Gasteiger partial charge in [-0.3, -0.25) is 4.68 Å². The van der Waals surface area contributed by atoms with E-state index in [1.807, 2.05) is 60.4 Å². The maximum Gasteiger partial charge on any atom is 0.162 e. The Morgan fingerprint density at radius 3 is 2.70 bits per heavy atom. The lowest BCUT2D eigenvalue weighted by atomic mass is 10.0. The molecule has 1 aliphatic rings. The predicted molar refractivity (Wildman–Crippen MR) is 114 cm³/mol. The second-order valence-electron chi connectivity index (χ2n) is 7.28. The standard InChI is InChI=1S/C23H22N4O3/c1-27-12-18(22(26-27)15-6-4-3-5-7-15)23-17-10-21(30-16-8-9-29-13-16)20(28-2)11-19(17)24-14-25-23/h3-7,10-12,14,16H,8-9,13H2,1-2H3/t16-/m1/s1. The summed E-state index contributed by atoms with van der Waals surface area (Å²) in [6, 6.07) is 14.0. The molecule has 0 radical (unpaired) electrons. The van der Waals surface area contributed by atoms with Crippen LogP contribution in [-0.4, -0.2) is 46.2 Å². The summed E-state index contributed by atoms with van der Waals surface area (Å²) in [6.07, 6.45) is 4.44.